The van der Waals surface area contributed by atoms with E-state index in [1.54, 1.807) is 6.20 Å². The highest BCUT2D eigenvalue weighted by atomic mass is 79.9. The van der Waals surface area contributed by atoms with Gasteiger partial charge in [-0.25, -0.2) is 9.97 Å². The number of hydrogen-bond acceptors (Lipinski definition) is 5. The fourth-order valence-electron chi connectivity index (χ4n) is 2.06. The van der Waals surface area contributed by atoms with Crippen LogP contribution < -0.4 is 0 Å². The molecular weight excluding hydrogens is 346 g/mol. The first-order valence-electron chi connectivity index (χ1n) is 6.10. The van der Waals surface area contributed by atoms with Crippen LogP contribution in [0.1, 0.15) is 11.6 Å². The lowest BCUT2D eigenvalue weighted by Crippen LogP contribution is -2.08. The number of halogens is 2. The Kier molecular flexibility index (Phi) is 3.98. The highest BCUT2D eigenvalue weighted by molar-refractivity contribution is 9.10. The molecule has 104 valence electrons. The van der Waals surface area contributed by atoms with Crippen LogP contribution in [-0.2, 0) is 19.4 Å². The maximum atomic E-state index is 5.84. The molecule has 0 fully saturated rings. The Morgan fingerprint density at radius 3 is 2.95 bits per heavy atom. The first-order valence-corrected chi connectivity index (χ1v) is 7.42. The maximum Gasteiger partial charge on any atom is 0.213 e. The van der Waals surface area contributed by atoms with E-state index in [1.165, 1.54) is 6.39 Å². The van der Waals surface area contributed by atoms with Crippen LogP contribution in [0, 0.1) is 0 Å². The molecule has 0 N–H and O–H groups in total. The Balaban J connectivity index is 1.95. The van der Waals surface area contributed by atoms with Gasteiger partial charge in [-0.05, 0) is 22.0 Å². The summed E-state index contributed by atoms with van der Waals surface area (Å²) in [6, 6.07) is 1.95. The standard InChI is InChI=1S/C12H11BrClN5O/c13-8-5-9-12(15-6-8)19(11(17-9)1-3-14)4-2-10-16-7-20-18-10/h5-7H,1-4H2. The van der Waals surface area contributed by atoms with Crippen molar-refractivity contribution in [2.24, 2.45) is 0 Å². The van der Waals surface area contributed by atoms with Crippen molar-refractivity contribution >= 4 is 38.7 Å². The summed E-state index contributed by atoms with van der Waals surface area (Å²) in [6.07, 6.45) is 4.45. The molecule has 20 heavy (non-hydrogen) atoms. The summed E-state index contributed by atoms with van der Waals surface area (Å²) >= 11 is 9.25. The zero-order valence-corrected chi connectivity index (χ0v) is 12.8. The smallest absolute Gasteiger partial charge is 0.213 e. The molecule has 6 nitrogen and oxygen atoms in total. The third-order valence-corrected chi connectivity index (χ3v) is 3.54. The number of aromatic nitrogens is 5. The van der Waals surface area contributed by atoms with Gasteiger partial charge in [-0.2, -0.15) is 4.98 Å². The molecule has 0 atom stereocenters. The van der Waals surface area contributed by atoms with E-state index >= 15 is 0 Å². The molecule has 8 heteroatoms. The molecule has 0 amide bonds. The SMILES string of the molecule is ClCCc1nc2cc(Br)cnc2n1CCc1ncon1. The summed E-state index contributed by atoms with van der Waals surface area (Å²) in [4.78, 5) is 13.0. The van der Waals surface area contributed by atoms with E-state index in [2.05, 4.69) is 40.6 Å². The van der Waals surface area contributed by atoms with Gasteiger partial charge in [0, 0.05) is 35.9 Å². The van der Waals surface area contributed by atoms with Crippen LogP contribution >= 0.6 is 27.5 Å². The fourth-order valence-corrected chi connectivity index (χ4v) is 2.55. The van der Waals surface area contributed by atoms with E-state index in [0.29, 0.717) is 31.1 Å². The maximum absolute atomic E-state index is 5.84. The number of alkyl halides is 1. The zero-order valence-electron chi connectivity index (χ0n) is 10.5. The monoisotopic (exact) mass is 355 g/mol. The van der Waals surface area contributed by atoms with Gasteiger partial charge < -0.3 is 9.09 Å². The van der Waals surface area contributed by atoms with Gasteiger partial charge in [0.05, 0.1) is 0 Å². The highest BCUT2D eigenvalue weighted by Crippen LogP contribution is 2.19. The molecule has 0 unspecified atom stereocenters. The predicted molar refractivity (Wildman–Crippen MR) is 77.7 cm³/mol. The Morgan fingerprint density at radius 1 is 1.30 bits per heavy atom. The number of hydrogen-bond donors (Lipinski definition) is 0. The van der Waals surface area contributed by atoms with Crippen molar-refractivity contribution in [1.29, 1.82) is 0 Å². The minimum Gasteiger partial charge on any atom is -0.343 e. The number of rotatable bonds is 5. The molecule has 0 radical (unpaired) electrons. The van der Waals surface area contributed by atoms with Crippen LogP contribution in [0.5, 0.6) is 0 Å². The molecule has 3 aromatic rings. The largest absolute Gasteiger partial charge is 0.343 e. The lowest BCUT2D eigenvalue weighted by atomic mass is 10.3. The van der Waals surface area contributed by atoms with Crippen molar-refractivity contribution < 1.29 is 4.52 Å². The van der Waals surface area contributed by atoms with Gasteiger partial charge in [-0.1, -0.05) is 5.16 Å². The third-order valence-electron chi connectivity index (χ3n) is 2.91. The Morgan fingerprint density at radius 2 is 2.20 bits per heavy atom. The van der Waals surface area contributed by atoms with Gasteiger partial charge in [0.25, 0.3) is 0 Å². The number of nitrogens with zero attached hydrogens (tertiary/aromatic N) is 5. The van der Waals surface area contributed by atoms with E-state index in [9.17, 15) is 0 Å². The van der Waals surface area contributed by atoms with Crippen LogP contribution in [0.4, 0.5) is 0 Å². The lowest BCUT2D eigenvalue weighted by molar-refractivity contribution is 0.408. The van der Waals surface area contributed by atoms with Crippen LogP contribution in [0.15, 0.2) is 27.7 Å². The highest BCUT2D eigenvalue weighted by Gasteiger charge is 2.12. The Hall–Kier alpha value is -1.47. The minimum atomic E-state index is 0.521. The van der Waals surface area contributed by atoms with E-state index in [1.807, 2.05) is 6.07 Å². The van der Waals surface area contributed by atoms with E-state index in [0.717, 1.165) is 21.5 Å². The van der Waals surface area contributed by atoms with Gasteiger partial charge >= 0.3 is 0 Å². The molecular formula is C12H11BrClN5O. The number of imidazole rings is 1. The number of pyridine rings is 1. The van der Waals surface area contributed by atoms with Crippen molar-refractivity contribution in [1.82, 2.24) is 24.7 Å². The summed E-state index contributed by atoms with van der Waals surface area (Å²) in [5.41, 5.74) is 1.70. The second-order valence-corrected chi connectivity index (χ2v) is 5.51. The lowest BCUT2D eigenvalue weighted by Gasteiger charge is -2.05. The molecule has 0 aromatic carbocycles. The van der Waals surface area contributed by atoms with Crippen molar-refractivity contribution in [3.05, 3.63) is 34.8 Å². The van der Waals surface area contributed by atoms with Crippen LogP contribution in [0.25, 0.3) is 11.2 Å². The van der Waals surface area contributed by atoms with Gasteiger partial charge in [-0.3, -0.25) is 0 Å². The predicted octanol–water partition coefficient (Wildman–Crippen LogP) is 2.60. The normalized spacial score (nSPS) is 11.3. The number of aryl methyl sites for hydroxylation is 3. The topological polar surface area (TPSA) is 69.6 Å². The molecule has 3 heterocycles. The molecule has 0 aliphatic heterocycles. The fraction of sp³-hybridized carbons (Fsp3) is 0.333. The number of fused-ring (bicyclic) bond motifs is 1. The van der Waals surface area contributed by atoms with Gasteiger partial charge in [0.1, 0.15) is 11.3 Å². The minimum absolute atomic E-state index is 0.521. The van der Waals surface area contributed by atoms with E-state index in [4.69, 9.17) is 16.1 Å². The summed E-state index contributed by atoms with van der Waals surface area (Å²) in [5.74, 6) is 2.11. The second-order valence-electron chi connectivity index (χ2n) is 4.21. The van der Waals surface area contributed by atoms with Crippen molar-refractivity contribution in [3.63, 3.8) is 0 Å². The summed E-state index contributed by atoms with van der Waals surface area (Å²) in [6.45, 7) is 0.691. The summed E-state index contributed by atoms with van der Waals surface area (Å²) < 4.78 is 7.70. The molecule has 3 aromatic heterocycles. The summed E-state index contributed by atoms with van der Waals surface area (Å²) in [7, 11) is 0. The van der Waals surface area contributed by atoms with Gasteiger partial charge in [-0.15, -0.1) is 11.6 Å². The summed E-state index contributed by atoms with van der Waals surface area (Å²) in [5, 5.41) is 3.81. The first kappa shape index (κ1) is 13.5. The molecule has 0 aliphatic rings. The van der Waals surface area contributed by atoms with Gasteiger partial charge in [0.2, 0.25) is 6.39 Å². The molecule has 0 bridgehead atoms. The molecule has 0 saturated heterocycles. The van der Waals surface area contributed by atoms with Crippen LogP contribution in [0.3, 0.4) is 0 Å². The average Bonchev–Trinajstić information content (AvgIpc) is 3.04. The Labute approximate surface area is 128 Å². The third kappa shape index (κ3) is 2.69. The molecule has 0 aliphatic carbocycles. The van der Waals surface area contributed by atoms with Crippen molar-refractivity contribution in [3.8, 4) is 0 Å². The van der Waals surface area contributed by atoms with Crippen LogP contribution in [-0.4, -0.2) is 30.6 Å². The molecule has 0 saturated carbocycles. The second kappa shape index (κ2) is 5.88. The quantitative estimate of drug-likeness (QED) is 0.657. The zero-order chi connectivity index (χ0) is 13.9. The first-order chi connectivity index (χ1) is 9.78. The average molecular weight is 357 g/mol. The Bertz CT molecular complexity index is 712. The molecule has 0 spiro atoms. The van der Waals surface area contributed by atoms with Gasteiger partial charge in [0.15, 0.2) is 11.5 Å². The van der Waals surface area contributed by atoms with Crippen molar-refractivity contribution in [2.75, 3.05) is 5.88 Å². The molecule has 3 rings (SSSR count). The van der Waals surface area contributed by atoms with E-state index < -0.39 is 0 Å². The van der Waals surface area contributed by atoms with E-state index in [-0.39, 0.29) is 0 Å². The van der Waals surface area contributed by atoms with Crippen LogP contribution in [0.2, 0.25) is 0 Å². The van der Waals surface area contributed by atoms with Crippen molar-refractivity contribution in [2.45, 2.75) is 19.4 Å².